The molecule has 4 aromatic rings. The Morgan fingerprint density at radius 1 is 1.08 bits per heavy atom. The third-order valence-corrected chi connectivity index (χ3v) is 7.71. The van der Waals surface area contributed by atoms with Gasteiger partial charge in [-0.05, 0) is 60.9 Å². The molecular formula is C28H22ClN3O4S2. The summed E-state index contributed by atoms with van der Waals surface area (Å²) in [6.07, 6.45) is 3.75. The number of carbonyl (C=O) groups excluding carboxylic acids is 1. The van der Waals surface area contributed by atoms with E-state index in [4.69, 9.17) is 33.3 Å². The highest BCUT2D eigenvalue weighted by Crippen LogP contribution is 2.35. The number of hydrogen-bond donors (Lipinski definition) is 0. The number of thiocarbonyl (C=S) groups is 1. The quantitative estimate of drug-likeness (QED) is 0.205. The number of thioether (sulfide) groups is 1. The highest BCUT2D eigenvalue weighted by Gasteiger charge is 2.32. The molecule has 1 saturated heterocycles. The van der Waals surface area contributed by atoms with Crippen LogP contribution in [0.4, 0.5) is 0 Å². The molecule has 5 rings (SSSR count). The van der Waals surface area contributed by atoms with E-state index >= 15 is 0 Å². The van der Waals surface area contributed by atoms with Crippen LogP contribution in [0, 0.1) is 6.92 Å². The van der Waals surface area contributed by atoms with Gasteiger partial charge in [0.2, 0.25) is 5.88 Å². The molecule has 0 unspecified atom stereocenters. The van der Waals surface area contributed by atoms with Crippen LogP contribution in [0.5, 0.6) is 17.4 Å². The van der Waals surface area contributed by atoms with Crippen LogP contribution < -0.4 is 15.0 Å². The van der Waals surface area contributed by atoms with Gasteiger partial charge in [0.15, 0.2) is 0 Å². The van der Waals surface area contributed by atoms with Gasteiger partial charge in [-0.1, -0.05) is 65.9 Å². The maximum atomic E-state index is 13.6. The van der Waals surface area contributed by atoms with E-state index in [1.54, 1.807) is 48.5 Å². The van der Waals surface area contributed by atoms with Crippen LogP contribution in [0.1, 0.15) is 16.7 Å². The number of halogens is 1. The first-order valence-electron chi connectivity index (χ1n) is 11.7. The Balaban J connectivity index is 1.50. The largest absolute Gasteiger partial charge is 0.497 e. The van der Waals surface area contributed by atoms with Crippen LogP contribution in [-0.2, 0) is 11.2 Å². The molecule has 0 aliphatic carbocycles. The van der Waals surface area contributed by atoms with Crippen molar-refractivity contribution in [3.05, 3.63) is 104 Å². The Labute approximate surface area is 233 Å². The molecule has 2 aromatic carbocycles. The zero-order valence-electron chi connectivity index (χ0n) is 20.5. The zero-order valence-corrected chi connectivity index (χ0v) is 22.9. The lowest BCUT2D eigenvalue weighted by Gasteiger charge is -2.14. The highest BCUT2D eigenvalue weighted by molar-refractivity contribution is 8.26. The van der Waals surface area contributed by atoms with Gasteiger partial charge in [-0.25, -0.2) is 0 Å². The first-order chi connectivity index (χ1) is 18.4. The molecular weight excluding hydrogens is 542 g/mol. The van der Waals surface area contributed by atoms with E-state index < -0.39 is 0 Å². The van der Waals surface area contributed by atoms with Crippen molar-refractivity contribution in [2.45, 2.75) is 13.3 Å². The Kier molecular flexibility index (Phi) is 7.51. The van der Waals surface area contributed by atoms with E-state index in [0.717, 1.165) is 28.6 Å². The molecule has 0 N–H and O–H groups in total. The summed E-state index contributed by atoms with van der Waals surface area (Å²) >= 11 is 13.0. The molecule has 0 spiro atoms. The predicted octanol–water partition coefficient (Wildman–Crippen LogP) is 5.90. The zero-order chi connectivity index (χ0) is 26.8. The monoisotopic (exact) mass is 563 g/mol. The normalized spacial score (nSPS) is 14.5. The second-order valence-electron chi connectivity index (χ2n) is 8.48. The summed E-state index contributed by atoms with van der Waals surface area (Å²) in [7, 11) is 1.62. The molecule has 7 nitrogen and oxygen atoms in total. The maximum Gasteiger partial charge on any atom is 0.269 e. The van der Waals surface area contributed by atoms with Crippen LogP contribution >= 0.6 is 35.6 Å². The van der Waals surface area contributed by atoms with Crippen molar-refractivity contribution in [2.24, 2.45) is 0 Å². The molecule has 10 heteroatoms. The van der Waals surface area contributed by atoms with Crippen molar-refractivity contribution < 1.29 is 14.3 Å². The molecule has 0 saturated carbocycles. The fraction of sp³-hybridized carbons (Fsp3) is 0.143. The van der Waals surface area contributed by atoms with Gasteiger partial charge >= 0.3 is 0 Å². The van der Waals surface area contributed by atoms with E-state index in [1.165, 1.54) is 10.5 Å². The van der Waals surface area contributed by atoms with Gasteiger partial charge in [-0.2, -0.15) is 4.98 Å². The second kappa shape index (κ2) is 11.0. The molecule has 0 radical (unpaired) electrons. The number of aromatic nitrogens is 2. The van der Waals surface area contributed by atoms with Crippen molar-refractivity contribution in [2.75, 3.05) is 13.7 Å². The number of ether oxygens (including phenoxy) is 2. The van der Waals surface area contributed by atoms with E-state index in [2.05, 4.69) is 4.98 Å². The lowest BCUT2D eigenvalue weighted by atomic mass is 10.1. The standard InChI is InChI=1S/C28H22ClN3O4S2/c1-17-6-5-14-31-24(17)30-25(36-22-8-4-3-7-21(22)29)20(26(31)33)16-23-27(34)32(28(37)38-23)15-13-18-9-11-19(35-2)12-10-18/h3-12,14,16H,13,15H2,1-2H3/b23-16+. The molecule has 0 atom stereocenters. The number of methoxy groups -OCH3 is 1. The fourth-order valence-electron chi connectivity index (χ4n) is 3.98. The summed E-state index contributed by atoms with van der Waals surface area (Å²) in [5.41, 5.74) is 2.05. The van der Waals surface area contributed by atoms with Crippen molar-refractivity contribution in [1.82, 2.24) is 14.3 Å². The van der Waals surface area contributed by atoms with Crippen LogP contribution in [0.15, 0.2) is 76.6 Å². The van der Waals surface area contributed by atoms with Gasteiger partial charge in [0, 0.05) is 12.7 Å². The highest BCUT2D eigenvalue weighted by atomic mass is 35.5. The SMILES string of the molecule is COc1ccc(CCN2C(=O)/C(=C\c3c(Oc4ccccc4Cl)nc4c(C)cccn4c3=O)SC2=S)cc1. The Hall–Kier alpha value is -3.66. The summed E-state index contributed by atoms with van der Waals surface area (Å²) < 4.78 is 13.1. The topological polar surface area (TPSA) is 73.1 Å². The molecule has 1 aliphatic heterocycles. The van der Waals surface area contributed by atoms with Crippen LogP contribution in [-0.4, -0.2) is 38.2 Å². The first-order valence-corrected chi connectivity index (χ1v) is 13.3. The number of para-hydroxylation sites is 1. The van der Waals surface area contributed by atoms with Crippen LogP contribution in [0.25, 0.3) is 11.7 Å². The molecule has 3 heterocycles. The van der Waals surface area contributed by atoms with Crippen molar-refractivity contribution in [3.8, 4) is 17.4 Å². The molecule has 0 bridgehead atoms. The number of pyridine rings is 1. The van der Waals surface area contributed by atoms with Gasteiger partial charge in [-0.15, -0.1) is 0 Å². The number of aryl methyl sites for hydroxylation is 1. The number of benzene rings is 2. The lowest BCUT2D eigenvalue weighted by molar-refractivity contribution is -0.122. The minimum atomic E-state index is -0.371. The predicted molar refractivity (Wildman–Crippen MR) is 154 cm³/mol. The van der Waals surface area contributed by atoms with E-state index in [9.17, 15) is 9.59 Å². The Bertz CT molecular complexity index is 1650. The average Bonchev–Trinajstić information content (AvgIpc) is 3.19. The second-order valence-corrected chi connectivity index (χ2v) is 10.6. The molecule has 38 heavy (non-hydrogen) atoms. The van der Waals surface area contributed by atoms with Crippen LogP contribution in [0.2, 0.25) is 5.02 Å². The van der Waals surface area contributed by atoms with Crippen molar-refractivity contribution in [3.63, 3.8) is 0 Å². The van der Waals surface area contributed by atoms with Crippen LogP contribution in [0.3, 0.4) is 0 Å². The van der Waals surface area contributed by atoms with Gasteiger partial charge in [0.25, 0.3) is 11.5 Å². The first kappa shape index (κ1) is 26.0. The van der Waals surface area contributed by atoms with Gasteiger partial charge < -0.3 is 9.47 Å². The number of carbonyl (C=O) groups is 1. The number of nitrogens with zero attached hydrogens (tertiary/aromatic N) is 3. The van der Waals surface area contributed by atoms with Crippen molar-refractivity contribution in [1.29, 1.82) is 0 Å². The summed E-state index contributed by atoms with van der Waals surface area (Å²) in [4.78, 5) is 33.4. The summed E-state index contributed by atoms with van der Waals surface area (Å²) in [5, 5.41) is 0.370. The molecule has 1 fully saturated rings. The number of fused-ring (bicyclic) bond motifs is 1. The third-order valence-electron chi connectivity index (χ3n) is 6.02. The number of amides is 1. The minimum absolute atomic E-state index is 0.0564. The summed E-state index contributed by atoms with van der Waals surface area (Å²) in [6.45, 7) is 2.26. The van der Waals surface area contributed by atoms with Gasteiger partial charge in [0.1, 0.15) is 27.0 Å². The third kappa shape index (κ3) is 5.18. The maximum absolute atomic E-state index is 13.6. The average molecular weight is 564 g/mol. The number of hydrogen-bond acceptors (Lipinski definition) is 7. The molecule has 192 valence electrons. The molecule has 2 aromatic heterocycles. The lowest BCUT2D eigenvalue weighted by Crippen LogP contribution is -2.30. The van der Waals surface area contributed by atoms with Crippen molar-refractivity contribution >= 4 is 57.5 Å². The van der Waals surface area contributed by atoms with E-state index in [-0.39, 0.29) is 22.9 Å². The smallest absolute Gasteiger partial charge is 0.269 e. The molecule has 1 amide bonds. The van der Waals surface area contributed by atoms with E-state index in [0.29, 0.717) is 38.6 Å². The van der Waals surface area contributed by atoms with E-state index in [1.807, 2.05) is 37.3 Å². The fourth-order valence-corrected chi connectivity index (χ4v) is 5.45. The summed E-state index contributed by atoms with van der Waals surface area (Å²) in [6, 6.07) is 18.2. The minimum Gasteiger partial charge on any atom is -0.497 e. The van der Waals surface area contributed by atoms with Gasteiger partial charge in [-0.3, -0.25) is 18.9 Å². The molecule has 1 aliphatic rings. The Morgan fingerprint density at radius 3 is 2.58 bits per heavy atom. The summed E-state index contributed by atoms with van der Waals surface area (Å²) in [5.74, 6) is 0.898. The Morgan fingerprint density at radius 2 is 1.84 bits per heavy atom. The number of rotatable bonds is 7. The van der Waals surface area contributed by atoms with Gasteiger partial charge in [0.05, 0.1) is 17.0 Å².